The van der Waals surface area contributed by atoms with E-state index in [1.54, 1.807) is 0 Å². The molecule has 2 rings (SSSR count). The Kier molecular flexibility index (Phi) is 3.01. The molecule has 2 nitrogen and oxygen atoms in total. The topological polar surface area (TPSA) is 26.3 Å². The van der Waals surface area contributed by atoms with Crippen molar-refractivity contribution in [3.63, 3.8) is 0 Å². The van der Waals surface area contributed by atoms with Gasteiger partial charge in [-0.25, -0.2) is 0 Å². The first-order valence-electron chi connectivity index (χ1n) is 5.07. The summed E-state index contributed by atoms with van der Waals surface area (Å²) in [6.45, 7) is 2.47. The van der Waals surface area contributed by atoms with Crippen molar-refractivity contribution in [1.29, 1.82) is 0 Å². The van der Waals surface area contributed by atoms with Gasteiger partial charge < -0.3 is 4.74 Å². The standard InChI is InChI=1S/C14H12O2/c1-11-7-8-14(16-10-15)13(9-11)12-5-3-2-4-6-12/h2-10H,1H3. The fourth-order valence-corrected chi connectivity index (χ4v) is 1.64. The first kappa shape index (κ1) is 10.4. The lowest BCUT2D eigenvalue weighted by atomic mass is 10.0. The number of benzene rings is 2. The number of carbonyl (C=O) groups is 1. The molecule has 0 aromatic heterocycles. The van der Waals surface area contributed by atoms with Crippen molar-refractivity contribution in [1.82, 2.24) is 0 Å². The van der Waals surface area contributed by atoms with Gasteiger partial charge in [-0.15, -0.1) is 0 Å². The van der Waals surface area contributed by atoms with Gasteiger partial charge in [0.2, 0.25) is 0 Å². The van der Waals surface area contributed by atoms with Crippen LogP contribution >= 0.6 is 0 Å². The second-order valence-electron chi connectivity index (χ2n) is 3.58. The number of hydrogen-bond acceptors (Lipinski definition) is 2. The van der Waals surface area contributed by atoms with Crippen molar-refractivity contribution < 1.29 is 9.53 Å². The molecule has 0 amide bonds. The van der Waals surface area contributed by atoms with E-state index in [1.807, 2.05) is 55.5 Å². The summed E-state index contributed by atoms with van der Waals surface area (Å²) in [6, 6.07) is 15.6. The maximum Gasteiger partial charge on any atom is 0.298 e. The van der Waals surface area contributed by atoms with Crippen molar-refractivity contribution in [3.8, 4) is 16.9 Å². The van der Waals surface area contributed by atoms with E-state index in [9.17, 15) is 4.79 Å². The number of carbonyl (C=O) groups excluding carboxylic acids is 1. The van der Waals surface area contributed by atoms with Gasteiger partial charge >= 0.3 is 0 Å². The van der Waals surface area contributed by atoms with E-state index >= 15 is 0 Å². The maximum absolute atomic E-state index is 10.4. The average Bonchev–Trinajstić information content (AvgIpc) is 2.33. The normalized spacial score (nSPS) is 9.81. The van der Waals surface area contributed by atoms with Crippen LogP contribution in [0.5, 0.6) is 5.75 Å². The molecule has 0 spiro atoms. The highest BCUT2D eigenvalue weighted by Gasteiger charge is 2.05. The molecular formula is C14H12O2. The molecule has 16 heavy (non-hydrogen) atoms. The molecule has 2 aromatic carbocycles. The lowest BCUT2D eigenvalue weighted by molar-refractivity contribution is -0.120. The predicted molar refractivity (Wildman–Crippen MR) is 63.3 cm³/mol. The Morgan fingerprint density at radius 1 is 1.06 bits per heavy atom. The van der Waals surface area contributed by atoms with Gasteiger partial charge in [0, 0.05) is 5.56 Å². The minimum Gasteiger partial charge on any atom is -0.428 e. The van der Waals surface area contributed by atoms with E-state index in [-0.39, 0.29) is 0 Å². The minimum atomic E-state index is 0.455. The monoisotopic (exact) mass is 212 g/mol. The molecule has 0 bridgehead atoms. The zero-order valence-corrected chi connectivity index (χ0v) is 9.01. The zero-order valence-electron chi connectivity index (χ0n) is 9.01. The third-order valence-electron chi connectivity index (χ3n) is 2.39. The van der Waals surface area contributed by atoms with Gasteiger partial charge in [-0.1, -0.05) is 42.0 Å². The number of rotatable bonds is 3. The fraction of sp³-hybridized carbons (Fsp3) is 0.0714. The maximum atomic E-state index is 10.4. The summed E-state index contributed by atoms with van der Waals surface area (Å²) < 4.78 is 4.97. The smallest absolute Gasteiger partial charge is 0.298 e. The molecule has 0 unspecified atom stereocenters. The Balaban J connectivity index is 2.53. The molecule has 0 aliphatic heterocycles. The summed E-state index contributed by atoms with van der Waals surface area (Å²) in [4.78, 5) is 10.4. The lowest BCUT2D eigenvalue weighted by Gasteiger charge is -2.08. The van der Waals surface area contributed by atoms with Crippen molar-refractivity contribution in [3.05, 3.63) is 54.1 Å². The van der Waals surface area contributed by atoms with Crippen LogP contribution in [0.25, 0.3) is 11.1 Å². The number of hydrogen-bond donors (Lipinski definition) is 0. The largest absolute Gasteiger partial charge is 0.428 e. The van der Waals surface area contributed by atoms with Crippen LogP contribution in [0.4, 0.5) is 0 Å². The molecule has 0 radical (unpaired) electrons. The molecule has 0 saturated carbocycles. The van der Waals surface area contributed by atoms with E-state index in [0.717, 1.165) is 16.7 Å². The minimum absolute atomic E-state index is 0.455. The highest BCUT2D eigenvalue weighted by atomic mass is 16.5. The van der Waals surface area contributed by atoms with E-state index in [1.165, 1.54) is 0 Å². The summed E-state index contributed by atoms with van der Waals surface area (Å²) in [6.07, 6.45) is 0. The van der Waals surface area contributed by atoms with Gasteiger partial charge in [-0.05, 0) is 24.6 Å². The Hall–Kier alpha value is -2.09. The van der Waals surface area contributed by atoms with Crippen LogP contribution in [-0.4, -0.2) is 6.47 Å². The van der Waals surface area contributed by atoms with Crippen LogP contribution in [-0.2, 0) is 4.79 Å². The highest BCUT2D eigenvalue weighted by molar-refractivity contribution is 5.72. The number of aryl methyl sites for hydroxylation is 1. The molecule has 2 aromatic rings. The van der Waals surface area contributed by atoms with Crippen LogP contribution in [0.3, 0.4) is 0 Å². The van der Waals surface area contributed by atoms with Gasteiger partial charge in [0.1, 0.15) is 5.75 Å². The highest BCUT2D eigenvalue weighted by Crippen LogP contribution is 2.30. The van der Waals surface area contributed by atoms with Crippen molar-refractivity contribution in [2.24, 2.45) is 0 Å². The van der Waals surface area contributed by atoms with E-state index in [2.05, 4.69) is 0 Å². The Labute approximate surface area is 94.5 Å². The van der Waals surface area contributed by atoms with E-state index in [0.29, 0.717) is 12.2 Å². The molecule has 0 N–H and O–H groups in total. The quantitative estimate of drug-likeness (QED) is 0.730. The van der Waals surface area contributed by atoms with Crippen LogP contribution in [0.15, 0.2) is 48.5 Å². The Morgan fingerprint density at radius 2 is 1.81 bits per heavy atom. The third-order valence-corrected chi connectivity index (χ3v) is 2.39. The molecule has 80 valence electrons. The summed E-state index contributed by atoms with van der Waals surface area (Å²) in [5.41, 5.74) is 3.12. The molecule has 0 atom stereocenters. The Morgan fingerprint density at radius 3 is 2.50 bits per heavy atom. The molecular weight excluding hydrogens is 200 g/mol. The van der Waals surface area contributed by atoms with Gasteiger partial charge in [-0.2, -0.15) is 0 Å². The van der Waals surface area contributed by atoms with Crippen LogP contribution in [0.2, 0.25) is 0 Å². The first-order valence-corrected chi connectivity index (χ1v) is 5.07. The molecule has 0 saturated heterocycles. The third kappa shape index (κ3) is 2.11. The van der Waals surface area contributed by atoms with E-state index < -0.39 is 0 Å². The van der Waals surface area contributed by atoms with Gasteiger partial charge in [0.15, 0.2) is 0 Å². The zero-order chi connectivity index (χ0) is 11.4. The SMILES string of the molecule is Cc1ccc(OC=O)c(-c2ccccc2)c1. The summed E-state index contributed by atoms with van der Waals surface area (Å²) in [5, 5.41) is 0. The number of ether oxygens (including phenoxy) is 1. The Bertz CT molecular complexity index is 489. The van der Waals surface area contributed by atoms with Crippen molar-refractivity contribution in [2.45, 2.75) is 6.92 Å². The molecule has 0 heterocycles. The molecule has 0 aliphatic carbocycles. The fourth-order valence-electron chi connectivity index (χ4n) is 1.64. The van der Waals surface area contributed by atoms with E-state index in [4.69, 9.17) is 4.74 Å². The average molecular weight is 212 g/mol. The van der Waals surface area contributed by atoms with Crippen LogP contribution in [0.1, 0.15) is 5.56 Å². The van der Waals surface area contributed by atoms with Crippen molar-refractivity contribution >= 4 is 6.47 Å². The second kappa shape index (κ2) is 4.62. The van der Waals surface area contributed by atoms with Crippen molar-refractivity contribution in [2.75, 3.05) is 0 Å². The second-order valence-corrected chi connectivity index (χ2v) is 3.58. The molecule has 0 fully saturated rings. The summed E-state index contributed by atoms with van der Waals surface area (Å²) >= 11 is 0. The first-order chi connectivity index (χ1) is 7.81. The molecule has 2 heteroatoms. The van der Waals surface area contributed by atoms with Crippen LogP contribution in [0, 0.1) is 6.92 Å². The summed E-state index contributed by atoms with van der Waals surface area (Å²) in [5.74, 6) is 0.590. The van der Waals surface area contributed by atoms with Crippen LogP contribution < -0.4 is 4.74 Å². The van der Waals surface area contributed by atoms with Gasteiger partial charge in [0.05, 0.1) is 0 Å². The lowest BCUT2D eigenvalue weighted by Crippen LogP contribution is -1.92. The summed E-state index contributed by atoms with van der Waals surface area (Å²) in [7, 11) is 0. The predicted octanol–water partition coefficient (Wildman–Crippen LogP) is 3.20. The van der Waals surface area contributed by atoms with Gasteiger partial charge in [0.25, 0.3) is 6.47 Å². The molecule has 0 aliphatic rings. The van der Waals surface area contributed by atoms with Gasteiger partial charge in [-0.3, -0.25) is 4.79 Å².